The number of hydrogen-bond donors (Lipinski definition) is 1. The average molecular weight is 400 g/mol. The second-order valence-electron chi connectivity index (χ2n) is 6.66. The molecule has 1 atom stereocenters. The summed E-state index contributed by atoms with van der Waals surface area (Å²) in [5.41, 5.74) is 2.04. The zero-order valence-corrected chi connectivity index (χ0v) is 17.4. The van der Waals surface area contributed by atoms with E-state index in [0.29, 0.717) is 48.5 Å². The van der Waals surface area contributed by atoms with E-state index in [0.717, 1.165) is 18.4 Å². The Morgan fingerprint density at radius 3 is 2.66 bits per heavy atom. The fourth-order valence-electron chi connectivity index (χ4n) is 3.29. The first-order chi connectivity index (χ1) is 14.1. The third kappa shape index (κ3) is 4.36. The van der Waals surface area contributed by atoms with E-state index in [9.17, 15) is 4.79 Å². The molecule has 2 heterocycles. The predicted octanol–water partition coefficient (Wildman–Crippen LogP) is 3.71. The maximum absolute atomic E-state index is 12.9. The van der Waals surface area contributed by atoms with Gasteiger partial charge in [0.1, 0.15) is 12.4 Å². The van der Waals surface area contributed by atoms with Gasteiger partial charge >= 0.3 is 5.97 Å². The van der Waals surface area contributed by atoms with Crippen molar-refractivity contribution >= 4 is 11.9 Å². The van der Waals surface area contributed by atoms with Crippen molar-refractivity contribution in [2.75, 3.05) is 25.1 Å². The molecule has 0 fully saturated rings. The van der Waals surface area contributed by atoms with Gasteiger partial charge in [0.25, 0.3) is 0 Å². The van der Waals surface area contributed by atoms with Crippen molar-refractivity contribution in [3.8, 4) is 11.5 Å². The summed E-state index contributed by atoms with van der Waals surface area (Å²) in [5, 5.41) is 7.49. The zero-order chi connectivity index (χ0) is 20.8. The highest BCUT2D eigenvalue weighted by molar-refractivity contribution is 5.92. The Morgan fingerprint density at radius 1 is 1.17 bits per heavy atom. The molecule has 1 aromatic carbocycles. The Morgan fingerprint density at radius 2 is 1.93 bits per heavy atom. The number of anilines is 1. The summed E-state index contributed by atoms with van der Waals surface area (Å²) >= 11 is 0. The van der Waals surface area contributed by atoms with E-state index in [2.05, 4.69) is 22.3 Å². The molecule has 0 saturated heterocycles. The fourth-order valence-corrected chi connectivity index (χ4v) is 3.29. The van der Waals surface area contributed by atoms with Gasteiger partial charge in [-0.15, -0.1) is 0 Å². The van der Waals surface area contributed by atoms with E-state index >= 15 is 0 Å². The summed E-state index contributed by atoms with van der Waals surface area (Å²) in [7, 11) is 0. The standard InChI is InChI=1S/C21H28N4O4/c1-5-8-11-29-20(26)18-14(4)24-21-22-13-23-25(21)19(18)15-9-10-16(27-6-2)17(12-15)28-7-3/h9-10,12-13,19H,5-8,11H2,1-4H3,(H,22,23,24). The van der Waals surface area contributed by atoms with Crippen LogP contribution in [0.4, 0.5) is 5.95 Å². The lowest BCUT2D eigenvalue weighted by atomic mass is 9.95. The molecule has 0 amide bonds. The first-order valence-corrected chi connectivity index (χ1v) is 10.0. The van der Waals surface area contributed by atoms with Gasteiger partial charge in [0, 0.05) is 5.70 Å². The van der Waals surface area contributed by atoms with Gasteiger partial charge < -0.3 is 19.5 Å². The Hall–Kier alpha value is -3.03. The molecular formula is C21H28N4O4. The Labute approximate surface area is 170 Å². The lowest BCUT2D eigenvalue weighted by Crippen LogP contribution is -2.29. The molecule has 0 spiro atoms. The molecule has 1 aliphatic rings. The third-order valence-corrected chi connectivity index (χ3v) is 4.63. The molecular weight excluding hydrogens is 372 g/mol. The van der Waals surface area contributed by atoms with Crippen LogP contribution in [-0.4, -0.2) is 40.6 Å². The van der Waals surface area contributed by atoms with E-state index in [4.69, 9.17) is 14.2 Å². The Bertz CT molecular complexity index is 891. The number of benzene rings is 1. The van der Waals surface area contributed by atoms with Gasteiger partial charge in [0.15, 0.2) is 11.5 Å². The smallest absolute Gasteiger partial charge is 0.338 e. The third-order valence-electron chi connectivity index (χ3n) is 4.63. The normalized spacial score (nSPS) is 15.5. The van der Waals surface area contributed by atoms with Crippen LogP contribution < -0.4 is 14.8 Å². The van der Waals surface area contributed by atoms with Crippen molar-refractivity contribution in [2.24, 2.45) is 0 Å². The van der Waals surface area contributed by atoms with Gasteiger partial charge in [-0.1, -0.05) is 19.4 Å². The summed E-state index contributed by atoms with van der Waals surface area (Å²) < 4.78 is 18.7. The summed E-state index contributed by atoms with van der Waals surface area (Å²) in [6, 6.07) is 5.19. The van der Waals surface area contributed by atoms with Crippen molar-refractivity contribution in [3.05, 3.63) is 41.4 Å². The maximum Gasteiger partial charge on any atom is 0.338 e. The number of carbonyl (C=O) groups is 1. The quantitative estimate of drug-likeness (QED) is 0.507. The number of nitrogens with one attached hydrogen (secondary N) is 1. The summed E-state index contributed by atoms with van der Waals surface area (Å²) in [4.78, 5) is 17.2. The highest BCUT2D eigenvalue weighted by atomic mass is 16.5. The Kier molecular flexibility index (Phi) is 6.74. The van der Waals surface area contributed by atoms with Crippen molar-refractivity contribution in [1.82, 2.24) is 14.8 Å². The van der Waals surface area contributed by atoms with Gasteiger partial charge in [-0.05, 0) is 44.9 Å². The number of nitrogens with zero attached hydrogens (tertiary/aromatic N) is 3. The van der Waals surface area contributed by atoms with Crippen molar-refractivity contribution in [1.29, 1.82) is 0 Å². The van der Waals surface area contributed by atoms with E-state index in [-0.39, 0.29) is 5.97 Å². The van der Waals surface area contributed by atoms with Crippen molar-refractivity contribution in [3.63, 3.8) is 0 Å². The largest absolute Gasteiger partial charge is 0.490 e. The number of aromatic nitrogens is 3. The molecule has 1 N–H and O–H groups in total. The van der Waals surface area contributed by atoms with Gasteiger partial charge in [-0.2, -0.15) is 10.1 Å². The van der Waals surface area contributed by atoms with Gasteiger partial charge in [-0.25, -0.2) is 9.48 Å². The van der Waals surface area contributed by atoms with Crippen LogP contribution in [-0.2, 0) is 9.53 Å². The van der Waals surface area contributed by atoms with Crippen molar-refractivity contribution in [2.45, 2.75) is 46.6 Å². The second-order valence-corrected chi connectivity index (χ2v) is 6.66. The molecule has 1 aliphatic heterocycles. The van der Waals surface area contributed by atoms with Crippen LogP contribution in [0.2, 0.25) is 0 Å². The molecule has 8 heteroatoms. The van der Waals surface area contributed by atoms with Crippen LogP contribution >= 0.6 is 0 Å². The van der Waals surface area contributed by atoms with E-state index in [1.807, 2.05) is 39.0 Å². The topological polar surface area (TPSA) is 87.5 Å². The number of esters is 1. The molecule has 29 heavy (non-hydrogen) atoms. The minimum atomic E-state index is -0.474. The van der Waals surface area contributed by atoms with Gasteiger partial charge in [0.05, 0.1) is 25.4 Å². The zero-order valence-electron chi connectivity index (χ0n) is 17.4. The molecule has 8 nitrogen and oxygen atoms in total. The molecule has 0 saturated carbocycles. The van der Waals surface area contributed by atoms with E-state index in [1.165, 1.54) is 6.33 Å². The van der Waals surface area contributed by atoms with Crippen LogP contribution in [0.5, 0.6) is 11.5 Å². The molecule has 0 bridgehead atoms. The van der Waals surface area contributed by atoms with Gasteiger partial charge in [0.2, 0.25) is 5.95 Å². The first-order valence-electron chi connectivity index (χ1n) is 10.0. The van der Waals surface area contributed by atoms with Crippen molar-refractivity contribution < 1.29 is 19.0 Å². The summed E-state index contributed by atoms with van der Waals surface area (Å²) in [6.07, 6.45) is 3.24. The highest BCUT2D eigenvalue weighted by Crippen LogP contribution is 2.39. The molecule has 0 radical (unpaired) electrons. The minimum absolute atomic E-state index is 0.360. The lowest BCUT2D eigenvalue weighted by molar-refractivity contribution is -0.139. The predicted molar refractivity (Wildman–Crippen MR) is 109 cm³/mol. The average Bonchev–Trinajstić information content (AvgIpc) is 3.16. The van der Waals surface area contributed by atoms with Crippen LogP contribution in [0.15, 0.2) is 35.8 Å². The number of fused-ring (bicyclic) bond motifs is 1. The van der Waals surface area contributed by atoms with E-state index in [1.54, 1.807) is 4.68 Å². The number of unbranched alkanes of at least 4 members (excludes halogenated alkanes) is 1. The number of rotatable bonds is 9. The highest BCUT2D eigenvalue weighted by Gasteiger charge is 2.34. The molecule has 1 unspecified atom stereocenters. The van der Waals surface area contributed by atoms with Crippen LogP contribution in [0.25, 0.3) is 0 Å². The Balaban J connectivity index is 2.04. The molecule has 1 aromatic heterocycles. The fraction of sp³-hybridized carbons (Fsp3) is 0.476. The first kappa shape index (κ1) is 20.7. The molecule has 0 aliphatic carbocycles. The van der Waals surface area contributed by atoms with Gasteiger partial charge in [-0.3, -0.25) is 0 Å². The van der Waals surface area contributed by atoms with Crippen LogP contribution in [0.3, 0.4) is 0 Å². The molecule has 2 aromatic rings. The molecule has 156 valence electrons. The number of carbonyl (C=O) groups excluding carboxylic acids is 1. The summed E-state index contributed by atoms with van der Waals surface area (Å²) in [6.45, 7) is 9.17. The second kappa shape index (κ2) is 9.45. The monoisotopic (exact) mass is 400 g/mol. The maximum atomic E-state index is 12.9. The summed E-state index contributed by atoms with van der Waals surface area (Å²) in [5.74, 6) is 1.51. The molecule has 3 rings (SSSR count). The number of ether oxygens (including phenoxy) is 3. The van der Waals surface area contributed by atoms with Crippen LogP contribution in [0.1, 0.15) is 52.1 Å². The van der Waals surface area contributed by atoms with E-state index < -0.39 is 6.04 Å². The SMILES string of the molecule is CCCCOC(=O)C1=C(C)Nc2ncnn2C1c1ccc(OCC)c(OCC)c1. The minimum Gasteiger partial charge on any atom is -0.490 e. The van der Waals surface area contributed by atoms with Crippen LogP contribution in [0, 0.1) is 0 Å². The number of hydrogen-bond acceptors (Lipinski definition) is 7. The lowest BCUT2D eigenvalue weighted by Gasteiger charge is -2.28. The number of allylic oxidation sites excluding steroid dienone is 1.